The van der Waals surface area contributed by atoms with Crippen LogP contribution in [0.5, 0.6) is 0 Å². The average Bonchev–Trinajstić information content (AvgIpc) is 3.62. The molecule has 3 aromatic rings. The molecule has 0 spiro atoms. The van der Waals surface area contributed by atoms with E-state index in [4.69, 9.17) is 9.97 Å². The molecule has 6 nitrogen and oxygen atoms in total. The number of nitrogens with one attached hydrogen (secondary N) is 2. The molecule has 166 valence electrons. The zero-order valence-electron chi connectivity index (χ0n) is 18.8. The standard InChI is InChI=1S/C26H31N5O/c1-31(2)24-20-10-6-7-11-23(20)29-26(30-24)28-19-14-12-18(13-15-19)27-25(32)22-16-21(22)17-8-4-3-5-9-17/h3-11,18-19,21-22H,12-16H2,1-2H3,(H,27,32)(H,28,29,30)/t18-,19+,21-,22+/m0/s1. The van der Waals surface area contributed by atoms with Gasteiger partial charge in [-0.15, -0.1) is 0 Å². The van der Waals surface area contributed by atoms with Gasteiger partial charge >= 0.3 is 0 Å². The van der Waals surface area contributed by atoms with Gasteiger partial charge in [-0.05, 0) is 55.7 Å². The van der Waals surface area contributed by atoms with E-state index in [-0.39, 0.29) is 17.9 Å². The second-order valence-electron chi connectivity index (χ2n) is 9.34. The number of anilines is 2. The maximum atomic E-state index is 12.7. The van der Waals surface area contributed by atoms with Gasteiger partial charge in [-0.3, -0.25) is 4.79 Å². The summed E-state index contributed by atoms with van der Waals surface area (Å²) < 4.78 is 0. The fourth-order valence-corrected chi connectivity index (χ4v) is 4.89. The molecule has 0 saturated heterocycles. The van der Waals surface area contributed by atoms with E-state index in [0.29, 0.717) is 17.9 Å². The van der Waals surface area contributed by atoms with Crippen molar-refractivity contribution >= 4 is 28.6 Å². The SMILES string of the molecule is CN(C)c1nc(N[C@H]2CC[C@@H](NC(=O)[C@@H]3C[C@H]3c3ccccc3)CC2)nc2ccccc12. The van der Waals surface area contributed by atoms with Gasteiger partial charge in [-0.1, -0.05) is 42.5 Å². The summed E-state index contributed by atoms with van der Waals surface area (Å²) in [4.78, 5) is 24.2. The van der Waals surface area contributed by atoms with Crippen LogP contribution in [0.25, 0.3) is 10.9 Å². The molecule has 1 aromatic heterocycles. The maximum Gasteiger partial charge on any atom is 0.225 e. The van der Waals surface area contributed by atoms with Crippen LogP contribution in [-0.2, 0) is 4.79 Å². The van der Waals surface area contributed by atoms with E-state index >= 15 is 0 Å². The van der Waals surface area contributed by atoms with Crippen molar-refractivity contribution in [2.45, 2.75) is 50.1 Å². The molecule has 1 heterocycles. The van der Waals surface area contributed by atoms with Crippen LogP contribution < -0.4 is 15.5 Å². The Morgan fingerprint density at radius 3 is 2.34 bits per heavy atom. The summed E-state index contributed by atoms with van der Waals surface area (Å²) in [7, 11) is 4.02. The Labute approximate surface area is 189 Å². The van der Waals surface area contributed by atoms with Crippen LogP contribution >= 0.6 is 0 Å². The smallest absolute Gasteiger partial charge is 0.225 e. The average molecular weight is 430 g/mol. The number of carbonyl (C=O) groups is 1. The molecule has 2 saturated carbocycles. The predicted octanol–water partition coefficient (Wildman–Crippen LogP) is 4.34. The van der Waals surface area contributed by atoms with Gasteiger partial charge in [0.1, 0.15) is 5.82 Å². The normalized spacial score (nSPS) is 24.7. The first-order chi connectivity index (χ1) is 15.6. The van der Waals surface area contributed by atoms with E-state index in [9.17, 15) is 4.79 Å². The number of amides is 1. The zero-order chi connectivity index (χ0) is 22.1. The summed E-state index contributed by atoms with van der Waals surface area (Å²) in [5, 5.41) is 7.91. The maximum absolute atomic E-state index is 12.7. The molecule has 5 rings (SSSR count). The molecule has 0 aliphatic heterocycles. The minimum absolute atomic E-state index is 0.142. The molecule has 2 aliphatic rings. The summed E-state index contributed by atoms with van der Waals surface area (Å²) >= 11 is 0. The zero-order valence-corrected chi connectivity index (χ0v) is 18.8. The summed E-state index contributed by atoms with van der Waals surface area (Å²) in [5.41, 5.74) is 2.24. The number of carbonyl (C=O) groups excluding carboxylic acids is 1. The third-order valence-electron chi connectivity index (χ3n) is 6.77. The van der Waals surface area contributed by atoms with Crippen LogP contribution in [0.15, 0.2) is 54.6 Å². The van der Waals surface area contributed by atoms with Crippen molar-refractivity contribution in [3.63, 3.8) is 0 Å². The largest absolute Gasteiger partial charge is 0.362 e. The Kier molecular flexibility index (Phi) is 5.68. The number of para-hydroxylation sites is 1. The molecule has 2 N–H and O–H groups in total. The van der Waals surface area contributed by atoms with Crippen molar-refractivity contribution in [2.24, 2.45) is 5.92 Å². The first-order valence-electron chi connectivity index (χ1n) is 11.6. The van der Waals surface area contributed by atoms with E-state index in [0.717, 1.165) is 48.8 Å². The van der Waals surface area contributed by atoms with Crippen LogP contribution in [0.2, 0.25) is 0 Å². The minimum Gasteiger partial charge on any atom is -0.362 e. The van der Waals surface area contributed by atoms with E-state index in [1.54, 1.807) is 0 Å². The van der Waals surface area contributed by atoms with Gasteiger partial charge in [-0.2, -0.15) is 4.98 Å². The molecule has 2 fully saturated rings. The highest BCUT2D eigenvalue weighted by Gasteiger charge is 2.44. The second-order valence-corrected chi connectivity index (χ2v) is 9.34. The fourth-order valence-electron chi connectivity index (χ4n) is 4.89. The predicted molar refractivity (Wildman–Crippen MR) is 129 cm³/mol. The number of benzene rings is 2. The van der Waals surface area contributed by atoms with Crippen LogP contribution in [-0.4, -0.2) is 42.1 Å². The van der Waals surface area contributed by atoms with Gasteiger partial charge in [0.2, 0.25) is 11.9 Å². The monoisotopic (exact) mass is 429 g/mol. The lowest BCUT2D eigenvalue weighted by atomic mass is 9.91. The van der Waals surface area contributed by atoms with Crippen molar-refractivity contribution in [3.8, 4) is 0 Å². The molecule has 6 heteroatoms. The highest BCUT2D eigenvalue weighted by Crippen LogP contribution is 2.47. The number of aromatic nitrogens is 2. The van der Waals surface area contributed by atoms with Crippen molar-refractivity contribution in [1.29, 1.82) is 0 Å². The molecule has 32 heavy (non-hydrogen) atoms. The summed E-state index contributed by atoms with van der Waals surface area (Å²) in [6, 6.07) is 19.1. The molecular weight excluding hydrogens is 398 g/mol. The molecule has 2 aromatic carbocycles. The van der Waals surface area contributed by atoms with E-state index in [1.807, 2.05) is 43.3 Å². The first kappa shape index (κ1) is 20.7. The Hall–Kier alpha value is -3.15. The highest BCUT2D eigenvalue weighted by molar-refractivity contribution is 5.90. The topological polar surface area (TPSA) is 70.2 Å². The molecular formula is C26H31N5O. The molecule has 2 aliphatic carbocycles. The van der Waals surface area contributed by atoms with Gasteiger partial charge in [-0.25, -0.2) is 4.98 Å². The molecule has 1 amide bonds. The van der Waals surface area contributed by atoms with Gasteiger partial charge in [0.15, 0.2) is 0 Å². The van der Waals surface area contributed by atoms with Gasteiger partial charge in [0, 0.05) is 37.5 Å². The Bertz CT molecular complexity index is 1090. The van der Waals surface area contributed by atoms with Crippen LogP contribution in [0.3, 0.4) is 0 Å². The van der Waals surface area contributed by atoms with Gasteiger partial charge in [0.05, 0.1) is 5.52 Å². The molecule has 2 atom stereocenters. The highest BCUT2D eigenvalue weighted by atomic mass is 16.2. The minimum atomic E-state index is 0.142. The van der Waals surface area contributed by atoms with Gasteiger partial charge in [0.25, 0.3) is 0 Å². The molecule has 0 unspecified atom stereocenters. The number of nitrogens with zero attached hydrogens (tertiary/aromatic N) is 3. The number of fused-ring (bicyclic) bond motifs is 1. The van der Waals surface area contributed by atoms with Crippen molar-refractivity contribution in [2.75, 3.05) is 24.3 Å². The molecule has 0 bridgehead atoms. The number of rotatable bonds is 6. The Morgan fingerprint density at radius 1 is 0.906 bits per heavy atom. The van der Waals surface area contributed by atoms with E-state index in [2.05, 4.69) is 41.0 Å². The summed E-state index contributed by atoms with van der Waals surface area (Å²) in [5.74, 6) is 2.37. The first-order valence-corrected chi connectivity index (χ1v) is 11.6. The Balaban J connectivity index is 1.15. The lowest BCUT2D eigenvalue weighted by molar-refractivity contribution is -0.123. The van der Waals surface area contributed by atoms with Gasteiger partial charge < -0.3 is 15.5 Å². The van der Waals surface area contributed by atoms with Crippen LogP contribution in [0.4, 0.5) is 11.8 Å². The van der Waals surface area contributed by atoms with Crippen LogP contribution in [0.1, 0.15) is 43.6 Å². The number of hydrogen-bond acceptors (Lipinski definition) is 5. The third kappa shape index (κ3) is 4.40. The van der Waals surface area contributed by atoms with E-state index in [1.165, 1.54) is 5.56 Å². The lowest BCUT2D eigenvalue weighted by Crippen LogP contribution is -2.41. The summed E-state index contributed by atoms with van der Waals surface area (Å²) in [6.07, 6.45) is 4.96. The fraction of sp³-hybridized carbons (Fsp3) is 0.423. The Morgan fingerprint density at radius 2 is 1.59 bits per heavy atom. The van der Waals surface area contributed by atoms with Crippen molar-refractivity contribution < 1.29 is 4.79 Å². The second kappa shape index (κ2) is 8.77. The third-order valence-corrected chi connectivity index (χ3v) is 6.77. The van der Waals surface area contributed by atoms with Crippen LogP contribution in [0, 0.1) is 5.92 Å². The molecule has 0 radical (unpaired) electrons. The van der Waals surface area contributed by atoms with E-state index < -0.39 is 0 Å². The summed E-state index contributed by atoms with van der Waals surface area (Å²) in [6.45, 7) is 0. The quantitative estimate of drug-likeness (QED) is 0.610. The van der Waals surface area contributed by atoms with Crippen molar-refractivity contribution in [1.82, 2.24) is 15.3 Å². The van der Waals surface area contributed by atoms with Crippen molar-refractivity contribution in [3.05, 3.63) is 60.2 Å². The number of hydrogen-bond donors (Lipinski definition) is 2. The lowest BCUT2D eigenvalue weighted by Gasteiger charge is -2.30.